The molecule has 4 nitrogen and oxygen atoms in total. The molecule has 0 unspecified atom stereocenters. The molecule has 3 aromatic heterocycles. The summed E-state index contributed by atoms with van der Waals surface area (Å²) in [5.41, 5.74) is 10.0. The van der Waals surface area contributed by atoms with Crippen LogP contribution in [-0.2, 0) is 0 Å². The van der Waals surface area contributed by atoms with Gasteiger partial charge in [-0.25, -0.2) is 9.97 Å². The lowest BCUT2D eigenvalue weighted by Crippen LogP contribution is -1.85. The largest absolute Gasteiger partial charge is 0.355 e. The minimum atomic E-state index is 0. The zero-order chi connectivity index (χ0) is 19.9. The molecule has 0 atom stereocenters. The summed E-state index contributed by atoms with van der Waals surface area (Å²) in [6.07, 6.45) is 6.20. The van der Waals surface area contributed by atoms with Crippen molar-refractivity contribution in [2.24, 2.45) is 0 Å². The van der Waals surface area contributed by atoms with Gasteiger partial charge in [0.1, 0.15) is 0 Å². The third kappa shape index (κ3) is 3.97. The zero-order valence-corrected chi connectivity index (χ0v) is 18.3. The van der Waals surface area contributed by atoms with Crippen molar-refractivity contribution in [2.45, 2.75) is 0 Å². The first-order chi connectivity index (χ1) is 14.8. The van der Waals surface area contributed by atoms with E-state index in [1.807, 2.05) is 18.2 Å². The van der Waals surface area contributed by atoms with E-state index in [1.165, 1.54) is 0 Å². The predicted molar refractivity (Wildman–Crippen MR) is 129 cm³/mol. The molecule has 5 heterocycles. The van der Waals surface area contributed by atoms with E-state index in [0.717, 1.165) is 56.0 Å². The minimum absolute atomic E-state index is 0. The van der Waals surface area contributed by atoms with Gasteiger partial charge in [-0.15, -0.1) is 0 Å². The number of aromatic nitrogens is 4. The highest BCUT2D eigenvalue weighted by atomic mass is 24.3. The fourth-order valence-corrected chi connectivity index (χ4v) is 3.86. The van der Waals surface area contributed by atoms with E-state index < -0.39 is 0 Å². The monoisotopic (exact) mass is 410 g/mol. The average molecular weight is 411 g/mol. The summed E-state index contributed by atoms with van der Waals surface area (Å²) in [7, 11) is 0. The van der Waals surface area contributed by atoms with E-state index in [4.69, 9.17) is 9.97 Å². The Morgan fingerprint density at radius 3 is 1.81 bits per heavy atom. The molecule has 8 bridgehead atoms. The molecule has 31 heavy (non-hydrogen) atoms. The lowest BCUT2D eigenvalue weighted by molar-refractivity contribution is 1.27. The fourth-order valence-electron chi connectivity index (χ4n) is 3.86. The van der Waals surface area contributed by atoms with Crippen LogP contribution in [0.4, 0.5) is 0 Å². The van der Waals surface area contributed by atoms with Gasteiger partial charge in [0.2, 0.25) is 0 Å². The molecule has 5 heteroatoms. The molecule has 2 aliphatic rings. The second-order valence-corrected chi connectivity index (χ2v) is 7.46. The topological polar surface area (TPSA) is 57.4 Å². The minimum Gasteiger partial charge on any atom is -0.355 e. The molecule has 0 spiro atoms. The normalized spacial score (nSPS) is 12.3. The molecule has 0 aliphatic carbocycles. The second kappa shape index (κ2) is 8.02. The lowest BCUT2D eigenvalue weighted by atomic mass is 10.0. The number of rotatable bonds is 1. The van der Waals surface area contributed by atoms with Crippen LogP contribution in [0.1, 0.15) is 28.3 Å². The van der Waals surface area contributed by atoms with Crippen LogP contribution in [0.5, 0.6) is 0 Å². The van der Waals surface area contributed by atoms with Gasteiger partial charge in [0, 0.05) is 50.7 Å². The van der Waals surface area contributed by atoms with Crippen molar-refractivity contribution in [1.82, 2.24) is 19.9 Å². The first kappa shape index (κ1) is 19.5. The maximum absolute atomic E-state index is 4.90. The summed E-state index contributed by atoms with van der Waals surface area (Å²) in [6.45, 7) is 0. The van der Waals surface area contributed by atoms with Crippen LogP contribution in [0.25, 0.3) is 45.9 Å². The van der Waals surface area contributed by atoms with Gasteiger partial charge in [0.15, 0.2) is 0 Å². The van der Waals surface area contributed by atoms with Crippen LogP contribution >= 0.6 is 0 Å². The van der Waals surface area contributed by atoms with Crippen molar-refractivity contribution >= 4 is 68.9 Å². The summed E-state index contributed by atoms with van der Waals surface area (Å²) >= 11 is 0. The smallest absolute Gasteiger partial charge is 0.0737 e. The molecule has 0 amide bonds. The number of aromatic amines is 2. The predicted octanol–water partition coefficient (Wildman–Crippen LogP) is 5.69. The third-order valence-electron chi connectivity index (χ3n) is 5.25. The third-order valence-corrected chi connectivity index (χ3v) is 5.25. The van der Waals surface area contributed by atoms with Gasteiger partial charge in [0.05, 0.1) is 22.8 Å². The Bertz CT molecular complexity index is 1490. The number of fused-ring (bicyclic) bond motifs is 8. The van der Waals surface area contributed by atoms with Crippen molar-refractivity contribution in [3.05, 3.63) is 107 Å². The highest BCUT2D eigenvalue weighted by molar-refractivity contribution is 5.93. The lowest BCUT2D eigenvalue weighted by Gasteiger charge is -2.01. The molecule has 2 radical (unpaired) electrons. The van der Waals surface area contributed by atoms with Crippen LogP contribution < -0.4 is 0 Å². The molecule has 0 fully saturated rings. The van der Waals surface area contributed by atoms with Crippen LogP contribution in [0, 0.1) is 0 Å². The molecule has 0 saturated heterocycles. The van der Waals surface area contributed by atoms with Crippen molar-refractivity contribution in [3.8, 4) is 0 Å². The highest BCUT2D eigenvalue weighted by Gasteiger charge is 2.13. The maximum atomic E-state index is 4.90. The van der Waals surface area contributed by atoms with Crippen LogP contribution in [-0.4, -0.2) is 43.0 Å². The quantitative estimate of drug-likeness (QED) is 0.342. The standard InChI is InChI=1S/C26H18N4.Mg/c1-2-4-17(5-3-1)25-15-24-14-22-9-8-20(28-22)12-18-6-7-19(27-18)13-21-10-11-23(29-21)16-26(25)30-24;/h1-16,27-28H;. The van der Waals surface area contributed by atoms with E-state index in [2.05, 4.69) is 88.8 Å². The maximum Gasteiger partial charge on any atom is 0.0737 e. The number of nitrogens with one attached hydrogen (secondary N) is 2. The van der Waals surface area contributed by atoms with Gasteiger partial charge < -0.3 is 9.97 Å². The van der Waals surface area contributed by atoms with E-state index in [1.54, 1.807) is 0 Å². The Morgan fingerprint density at radius 2 is 1.13 bits per heavy atom. The molecular formula is C26H18MgN4. The Hall–Kier alpha value is -3.41. The first-order valence-corrected chi connectivity index (χ1v) is 9.92. The van der Waals surface area contributed by atoms with Crippen molar-refractivity contribution in [2.75, 3.05) is 0 Å². The van der Waals surface area contributed by atoms with Gasteiger partial charge in [-0.2, -0.15) is 0 Å². The van der Waals surface area contributed by atoms with Crippen molar-refractivity contribution < 1.29 is 0 Å². The van der Waals surface area contributed by atoms with E-state index >= 15 is 0 Å². The van der Waals surface area contributed by atoms with E-state index in [0.29, 0.717) is 0 Å². The number of nitrogens with zero attached hydrogens (tertiary/aromatic N) is 2. The van der Waals surface area contributed by atoms with Gasteiger partial charge in [-0.05, 0) is 72.3 Å². The van der Waals surface area contributed by atoms with Gasteiger partial charge in [0.25, 0.3) is 0 Å². The van der Waals surface area contributed by atoms with E-state index in [-0.39, 0.29) is 23.1 Å². The molecule has 144 valence electrons. The molecular weight excluding hydrogens is 393 g/mol. The van der Waals surface area contributed by atoms with Crippen LogP contribution in [0.2, 0.25) is 0 Å². The Kier molecular flexibility index (Phi) is 5.06. The number of H-pyrrole nitrogens is 2. The van der Waals surface area contributed by atoms with Gasteiger partial charge in [-0.3, -0.25) is 0 Å². The average Bonchev–Trinajstić information content (AvgIpc) is 3.53. The molecule has 4 aromatic rings. The fraction of sp³-hybridized carbons (Fsp3) is 0. The summed E-state index contributed by atoms with van der Waals surface area (Å²) < 4.78 is 0. The van der Waals surface area contributed by atoms with Crippen LogP contribution in [0.15, 0.2) is 78.9 Å². The molecule has 1 aromatic carbocycles. The van der Waals surface area contributed by atoms with Gasteiger partial charge >= 0.3 is 0 Å². The number of hydrogen-bond acceptors (Lipinski definition) is 2. The summed E-state index contributed by atoms with van der Waals surface area (Å²) in [5.74, 6) is 0. The zero-order valence-electron chi connectivity index (χ0n) is 16.8. The molecule has 2 aliphatic heterocycles. The molecule has 6 rings (SSSR count). The Morgan fingerprint density at radius 1 is 0.548 bits per heavy atom. The highest BCUT2D eigenvalue weighted by Crippen LogP contribution is 2.29. The number of hydrogen-bond donors (Lipinski definition) is 2. The Balaban J connectivity index is 0.00000204. The second-order valence-electron chi connectivity index (χ2n) is 7.46. The summed E-state index contributed by atoms with van der Waals surface area (Å²) in [6, 6.07) is 26.9. The SMILES string of the molecule is C1=Cc2cc3ccc(cc4ccc(cc5nc(cc1n2)C(c1ccccc1)=C5)[nH]4)[nH]3.[Mg]. The number of benzene rings is 1. The van der Waals surface area contributed by atoms with Crippen LogP contribution in [0.3, 0.4) is 0 Å². The van der Waals surface area contributed by atoms with Gasteiger partial charge in [-0.1, -0.05) is 30.3 Å². The Labute approximate surface area is 195 Å². The summed E-state index contributed by atoms with van der Waals surface area (Å²) in [5, 5.41) is 0. The molecule has 0 saturated carbocycles. The molecule has 2 N–H and O–H groups in total. The first-order valence-electron chi connectivity index (χ1n) is 9.92. The van der Waals surface area contributed by atoms with Crippen molar-refractivity contribution in [1.29, 1.82) is 0 Å². The summed E-state index contributed by atoms with van der Waals surface area (Å²) in [4.78, 5) is 16.5. The van der Waals surface area contributed by atoms with Crippen molar-refractivity contribution in [3.63, 3.8) is 0 Å². The van der Waals surface area contributed by atoms with E-state index in [9.17, 15) is 0 Å².